The molecule has 51 heavy (non-hydrogen) atoms. The third kappa shape index (κ3) is 10.6. The minimum absolute atomic E-state index is 0.0428. The molecule has 3 N–H and O–H groups in total. The first kappa shape index (κ1) is 37.4. The molecule has 2 fully saturated rings. The van der Waals surface area contributed by atoms with E-state index in [4.69, 9.17) is 14.5 Å². The fraction of sp³-hybridized carbons (Fsp3) is 0.513. The molecular formula is C39H52N6O6. The number of benzene rings is 2. The summed E-state index contributed by atoms with van der Waals surface area (Å²) in [6, 6.07) is 16.9. The Bertz CT molecular complexity index is 1620. The zero-order valence-corrected chi connectivity index (χ0v) is 30.2. The highest BCUT2D eigenvalue weighted by molar-refractivity contribution is 5.92. The van der Waals surface area contributed by atoms with Gasteiger partial charge in [-0.2, -0.15) is 0 Å². The van der Waals surface area contributed by atoms with Crippen molar-refractivity contribution < 1.29 is 28.7 Å². The van der Waals surface area contributed by atoms with Gasteiger partial charge in [0.25, 0.3) is 0 Å². The van der Waals surface area contributed by atoms with Gasteiger partial charge in [0.15, 0.2) is 0 Å². The van der Waals surface area contributed by atoms with Crippen molar-refractivity contribution in [1.82, 2.24) is 30.4 Å². The van der Waals surface area contributed by atoms with Crippen molar-refractivity contribution in [1.29, 1.82) is 0 Å². The first-order valence-electron chi connectivity index (χ1n) is 18.2. The van der Waals surface area contributed by atoms with Crippen molar-refractivity contribution in [2.24, 2.45) is 5.92 Å². The van der Waals surface area contributed by atoms with E-state index in [-0.39, 0.29) is 31.0 Å². The summed E-state index contributed by atoms with van der Waals surface area (Å²) in [5.41, 5.74) is 1.85. The molecule has 1 aromatic heterocycles. The molecule has 274 valence electrons. The fourth-order valence-corrected chi connectivity index (χ4v) is 6.89. The van der Waals surface area contributed by atoms with Gasteiger partial charge in [0.2, 0.25) is 11.8 Å². The number of hydrogen-bond donors (Lipinski definition) is 3. The van der Waals surface area contributed by atoms with Crippen LogP contribution in [-0.2, 0) is 32.2 Å². The Morgan fingerprint density at radius 3 is 2.24 bits per heavy atom. The maximum Gasteiger partial charge on any atom is 0.408 e. The molecule has 0 bridgehead atoms. The number of rotatable bonds is 13. The van der Waals surface area contributed by atoms with Gasteiger partial charge in [0.05, 0.1) is 18.3 Å². The van der Waals surface area contributed by atoms with Crippen LogP contribution in [0, 0.1) is 5.92 Å². The Morgan fingerprint density at radius 2 is 1.57 bits per heavy atom. The normalized spacial score (nSPS) is 17.4. The molecule has 0 spiro atoms. The van der Waals surface area contributed by atoms with Crippen LogP contribution in [0.1, 0.15) is 90.1 Å². The Balaban J connectivity index is 1.33. The number of alkyl carbamates (subject to hydrolysis) is 2. The lowest BCUT2D eigenvalue weighted by molar-refractivity contribution is -0.138. The maximum absolute atomic E-state index is 14.5. The van der Waals surface area contributed by atoms with Crippen LogP contribution in [-0.4, -0.2) is 69.2 Å². The first-order chi connectivity index (χ1) is 24.5. The summed E-state index contributed by atoms with van der Waals surface area (Å²) >= 11 is 0. The maximum atomic E-state index is 14.5. The molecule has 1 saturated heterocycles. The average molecular weight is 701 g/mol. The molecule has 2 unspecified atom stereocenters. The zero-order chi connectivity index (χ0) is 36.4. The van der Waals surface area contributed by atoms with Gasteiger partial charge in [-0.05, 0) is 58.4 Å². The Labute approximate surface area is 300 Å². The Hall–Kier alpha value is -4.87. The van der Waals surface area contributed by atoms with Gasteiger partial charge in [0.1, 0.15) is 30.1 Å². The number of nitrogens with one attached hydrogen (secondary N) is 3. The van der Waals surface area contributed by atoms with Gasteiger partial charge in [-0.1, -0.05) is 86.3 Å². The van der Waals surface area contributed by atoms with E-state index in [1.54, 1.807) is 20.8 Å². The standard InChI is InChI=1S/C39H52N6O6/c1-5-44-25-32(29-19-10-7-11-20-29)41-34(44)33-21-14-22-45(33)36(47)30(23-27-15-12-13-16-27)42-35(46)31(43-38(49)51-39(2,3)4)24-40-37(48)50-26-28-17-8-6-9-18-28/h6-11,17-20,25,27,30-31,33H,5,12-16,21-24,26H2,1-4H3,(H,40,48)(H,42,46)(H,43,49)/t30?,31?,33-/m0/s1. The van der Waals surface area contributed by atoms with Crippen molar-refractivity contribution >= 4 is 24.0 Å². The van der Waals surface area contributed by atoms with E-state index in [0.717, 1.165) is 61.2 Å². The quantitative estimate of drug-likeness (QED) is 0.195. The number of carbonyl (C=O) groups excluding carboxylic acids is 4. The SMILES string of the molecule is CCn1cc(-c2ccccc2)nc1[C@@H]1CCCN1C(=O)C(CC1CCCC1)NC(=O)C(CNC(=O)OCc1ccccc1)NC(=O)OC(C)(C)C. The van der Waals surface area contributed by atoms with E-state index in [0.29, 0.717) is 19.5 Å². The second kappa shape index (κ2) is 17.4. The van der Waals surface area contributed by atoms with E-state index in [1.807, 2.05) is 71.8 Å². The summed E-state index contributed by atoms with van der Waals surface area (Å²) in [6.07, 6.45) is 6.67. The van der Waals surface area contributed by atoms with Crippen molar-refractivity contribution in [3.8, 4) is 11.3 Å². The lowest BCUT2D eigenvalue weighted by atomic mass is 9.96. The number of aromatic nitrogens is 2. The van der Waals surface area contributed by atoms with Crippen molar-refractivity contribution in [2.75, 3.05) is 13.1 Å². The van der Waals surface area contributed by atoms with Crippen LogP contribution < -0.4 is 16.0 Å². The van der Waals surface area contributed by atoms with Crippen LogP contribution in [0.15, 0.2) is 66.9 Å². The summed E-state index contributed by atoms with van der Waals surface area (Å²) < 4.78 is 12.9. The van der Waals surface area contributed by atoms with Gasteiger partial charge in [0, 0.05) is 24.8 Å². The highest BCUT2D eigenvalue weighted by Crippen LogP contribution is 2.35. The molecule has 5 rings (SSSR count). The predicted octanol–water partition coefficient (Wildman–Crippen LogP) is 6.12. The first-order valence-corrected chi connectivity index (χ1v) is 18.2. The average Bonchev–Trinajstić information content (AvgIpc) is 3.90. The molecule has 2 aliphatic rings. The van der Waals surface area contributed by atoms with Crippen LogP contribution >= 0.6 is 0 Å². The molecule has 3 atom stereocenters. The summed E-state index contributed by atoms with van der Waals surface area (Å²) in [7, 11) is 0. The number of likely N-dealkylation sites (tertiary alicyclic amines) is 1. The van der Waals surface area contributed by atoms with Gasteiger partial charge in [-0.25, -0.2) is 14.6 Å². The zero-order valence-electron chi connectivity index (χ0n) is 30.2. The number of ether oxygens (including phenoxy) is 2. The van der Waals surface area contributed by atoms with Crippen molar-refractivity contribution in [3.63, 3.8) is 0 Å². The molecule has 12 heteroatoms. The molecule has 2 aromatic carbocycles. The monoisotopic (exact) mass is 700 g/mol. The molecule has 2 heterocycles. The van der Waals surface area contributed by atoms with Crippen LogP contribution in [0.3, 0.4) is 0 Å². The minimum Gasteiger partial charge on any atom is -0.445 e. The number of hydrogen-bond acceptors (Lipinski definition) is 7. The van der Waals surface area contributed by atoms with Crippen molar-refractivity contribution in [3.05, 3.63) is 78.2 Å². The highest BCUT2D eigenvalue weighted by Gasteiger charge is 2.39. The topological polar surface area (TPSA) is 144 Å². The molecule has 1 aliphatic heterocycles. The lowest BCUT2D eigenvalue weighted by Gasteiger charge is -2.31. The molecule has 12 nitrogen and oxygen atoms in total. The molecule has 0 radical (unpaired) electrons. The lowest BCUT2D eigenvalue weighted by Crippen LogP contribution is -2.58. The second-order valence-electron chi connectivity index (χ2n) is 14.4. The number of amides is 4. The van der Waals surface area contributed by atoms with E-state index in [9.17, 15) is 19.2 Å². The smallest absolute Gasteiger partial charge is 0.408 e. The highest BCUT2D eigenvalue weighted by atomic mass is 16.6. The van der Waals surface area contributed by atoms with Gasteiger partial charge in [-0.15, -0.1) is 0 Å². The van der Waals surface area contributed by atoms with E-state index in [1.165, 1.54) is 0 Å². The van der Waals surface area contributed by atoms with Crippen molar-refractivity contribution in [2.45, 2.75) is 110 Å². The number of carbonyl (C=O) groups is 4. The van der Waals surface area contributed by atoms with Gasteiger partial charge >= 0.3 is 12.2 Å². The van der Waals surface area contributed by atoms with Gasteiger partial charge in [-0.3, -0.25) is 9.59 Å². The largest absolute Gasteiger partial charge is 0.445 e. The van der Waals surface area contributed by atoms with Crippen LogP contribution in [0.5, 0.6) is 0 Å². The number of imidazole rings is 1. The van der Waals surface area contributed by atoms with E-state index < -0.39 is 35.8 Å². The van der Waals surface area contributed by atoms with Crippen LogP contribution in [0.25, 0.3) is 11.3 Å². The predicted molar refractivity (Wildman–Crippen MR) is 193 cm³/mol. The third-order valence-corrected chi connectivity index (χ3v) is 9.38. The molecule has 3 aromatic rings. The fourth-order valence-electron chi connectivity index (χ4n) is 6.89. The van der Waals surface area contributed by atoms with Crippen LogP contribution in [0.2, 0.25) is 0 Å². The summed E-state index contributed by atoms with van der Waals surface area (Å²) in [6.45, 7) is 8.24. The summed E-state index contributed by atoms with van der Waals surface area (Å²) in [5, 5.41) is 8.17. The van der Waals surface area contributed by atoms with Gasteiger partial charge < -0.3 is 34.9 Å². The van der Waals surface area contributed by atoms with E-state index in [2.05, 4.69) is 27.4 Å². The number of nitrogens with zero attached hydrogens (tertiary/aromatic N) is 3. The third-order valence-electron chi connectivity index (χ3n) is 9.38. The summed E-state index contributed by atoms with van der Waals surface area (Å²) in [5.74, 6) is 0.343. The Morgan fingerprint density at radius 1 is 0.882 bits per heavy atom. The minimum atomic E-state index is -1.23. The second-order valence-corrected chi connectivity index (χ2v) is 14.4. The molecule has 4 amide bonds. The van der Waals surface area contributed by atoms with E-state index >= 15 is 0 Å². The summed E-state index contributed by atoms with van der Waals surface area (Å²) in [4.78, 5) is 60.9. The molecular weight excluding hydrogens is 648 g/mol. The number of aryl methyl sites for hydroxylation is 1. The van der Waals surface area contributed by atoms with Crippen LogP contribution in [0.4, 0.5) is 9.59 Å². The Kier molecular flexibility index (Phi) is 12.7. The molecule has 1 aliphatic carbocycles. The molecule has 1 saturated carbocycles.